The summed E-state index contributed by atoms with van der Waals surface area (Å²) in [7, 11) is 1.59. The van der Waals surface area contributed by atoms with Crippen molar-refractivity contribution in [3.05, 3.63) is 89.6 Å². The van der Waals surface area contributed by atoms with Crippen LogP contribution in [-0.4, -0.2) is 29.7 Å². The molecule has 3 N–H and O–H groups in total. The van der Waals surface area contributed by atoms with E-state index in [2.05, 4.69) is 20.9 Å². The monoisotopic (exact) mass is 460 g/mol. The first-order chi connectivity index (χ1) is 16.1. The van der Waals surface area contributed by atoms with Gasteiger partial charge < -0.3 is 25.4 Å². The molecule has 33 heavy (non-hydrogen) atoms. The van der Waals surface area contributed by atoms with Gasteiger partial charge in [0.05, 0.1) is 31.0 Å². The van der Waals surface area contributed by atoms with E-state index in [1.165, 1.54) is 0 Å². The fourth-order valence-corrected chi connectivity index (χ4v) is 3.87. The molecule has 8 heteroatoms. The zero-order valence-electron chi connectivity index (χ0n) is 18.3. The number of aromatic nitrogens is 1. The molecular weight excluding hydrogens is 436 g/mol. The maximum atomic E-state index is 13.6. The number of hydrogen-bond donors (Lipinski definition) is 3. The molecule has 2 heterocycles. The lowest BCUT2D eigenvalue weighted by Gasteiger charge is -2.32. The highest BCUT2D eigenvalue weighted by molar-refractivity contribution is 7.80. The molecule has 0 fully saturated rings. The van der Waals surface area contributed by atoms with Crippen LogP contribution in [0, 0.1) is 0 Å². The van der Waals surface area contributed by atoms with Crippen LogP contribution in [0.4, 0.5) is 5.82 Å². The molecule has 0 saturated carbocycles. The number of ether oxygens (including phenoxy) is 2. The van der Waals surface area contributed by atoms with E-state index in [9.17, 15) is 4.79 Å². The number of thiocarbonyl (C=S) groups is 1. The number of carbonyl (C=O) groups excluding carboxylic acids is 1. The van der Waals surface area contributed by atoms with E-state index in [1.807, 2.05) is 61.5 Å². The van der Waals surface area contributed by atoms with Crippen LogP contribution < -0.4 is 25.4 Å². The number of amides is 1. The molecule has 0 aliphatic carbocycles. The third kappa shape index (κ3) is 4.96. The zero-order valence-corrected chi connectivity index (χ0v) is 19.1. The van der Waals surface area contributed by atoms with Crippen molar-refractivity contribution in [3.63, 3.8) is 0 Å². The smallest absolute Gasteiger partial charge is 0.257 e. The van der Waals surface area contributed by atoms with Gasteiger partial charge in [-0.15, -0.1) is 0 Å². The molecule has 0 spiro atoms. The predicted molar refractivity (Wildman–Crippen MR) is 132 cm³/mol. The Morgan fingerprint density at radius 1 is 1.09 bits per heavy atom. The van der Waals surface area contributed by atoms with Crippen molar-refractivity contribution in [2.75, 3.05) is 19.0 Å². The lowest BCUT2D eigenvalue weighted by Crippen LogP contribution is -2.45. The zero-order chi connectivity index (χ0) is 23.2. The summed E-state index contributed by atoms with van der Waals surface area (Å²) < 4.78 is 11.2. The second-order valence-electron chi connectivity index (χ2n) is 7.20. The Bertz CT molecular complexity index is 1180. The van der Waals surface area contributed by atoms with Gasteiger partial charge in [-0.05, 0) is 54.5 Å². The van der Waals surface area contributed by atoms with E-state index in [1.54, 1.807) is 25.4 Å². The van der Waals surface area contributed by atoms with Crippen molar-refractivity contribution in [3.8, 4) is 11.5 Å². The van der Waals surface area contributed by atoms with Crippen LogP contribution in [0.5, 0.6) is 11.5 Å². The van der Waals surface area contributed by atoms with Gasteiger partial charge >= 0.3 is 0 Å². The molecule has 1 aromatic heterocycles. The van der Waals surface area contributed by atoms with E-state index >= 15 is 0 Å². The second kappa shape index (κ2) is 10.1. The third-order valence-electron chi connectivity index (χ3n) is 5.11. The summed E-state index contributed by atoms with van der Waals surface area (Å²) in [5.74, 6) is 1.37. The van der Waals surface area contributed by atoms with Crippen LogP contribution in [-0.2, 0) is 4.79 Å². The highest BCUT2D eigenvalue weighted by Gasteiger charge is 2.33. The molecule has 1 aliphatic heterocycles. The minimum atomic E-state index is -0.526. The Morgan fingerprint density at radius 3 is 2.58 bits per heavy atom. The largest absolute Gasteiger partial charge is 0.493 e. The fourth-order valence-electron chi connectivity index (χ4n) is 3.65. The fraction of sp³-hybridized carbons (Fsp3) is 0.160. The van der Waals surface area contributed by atoms with E-state index in [0.29, 0.717) is 40.3 Å². The molecular formula is C25H24N4O3S. The number of hydrogen-bond acceptors (Lipinski definition) is 5. The molecule has 3 aromatic rings. The SMILES string of the molecule is CCOc1ccc(C2NC(=S)NC(c3ccccc3)=C2C(=O)Nc2ccccn2)cc1OC. The highest BCUT2D eigenvalue weighted by Crippen LogP contribution is 2.36. The van der Waals surface area contributed by atoms with Crippen molar-refractivity contribution in [1.82, 2.24) is 15.6 Å². The summed E-state index contributed by atoms with van der Waals surface area (Å²) in [5.41, 5.74) is 2.76. The van der Waals surface area contributed by atoms with Crippen molar-refractivity contribution >= 4 is 34.8 Å². The number of carbonyl (C=O) groups is 1. The molecule has 7 nitrogen and oxygen atoms in total. The summed E-state index contributed by atoms with van der Waals surface area (Å²) in [4.78, 5) is 17.8. The van der Waals surface area contributed by atoms with Crippen LogP contribution in [0.2, 0.25) is 0 Å². The van der Waals surface area contributed by atoms with Crippen molar-refractivity contribution < 1.29 is 14.3 Å². The summed E-state index contributed by atoms with van der Waals surface area (Å²) >= 11 is 5.50. The number of pyridine rings is 1. The minimum absolute atomic E-state index is 0.298. The Balaban J connectivity index is 1.83. The molecule has 2 aromatic carbocycles. The molecule has 168 valence electrons. The lowest BCUT2D eigenvalue weighted by atomic mass is 9.92. The molecule has 1 atom stereocenters. The van der Waals surface area contributed by atoms with Gasteiger partial charge in [0.15, 0.2) is 16.6 Å². The molecule has 0 bridgehead atoms. The number of anilines is 1. The van der Waals surface area contributed by atoms with E-state index in [-0.39, 0.29) is 5.91 Å². The van der Waals surface area contributed by atoms with Gasteiger partial charge in [0.25, 0.3) is 5.91 Å². The first-order valence-electron chi connectivity index (χ1n) is 10.5. The number of methoxy groups -OCH3 is 1. The molecule has 0 saturated heterocycles. The first-order valence-corrected chi connectivity index (χ1v) is 10.9. The van der Waals surface area contributed by atoms with Gasteiger partial charge in [0, 0.05) is 6.20 Å². The van der Waals surface area contributed by atoms with Gasteiger partial charge in [0.2, 0.25) is 0 Å². The third-order valence-corrected chi connectivity index (χ3v) is 5.33. The standard InChI is InChI=1S/C25H24N4O3S/c1-3-32-18-13-12-17(15-19(18)31-2)23-21(24(30)27-20-11-7-8-14-26-20)22(28-25(33)29-23)16-9-5-4-6-10-16/h4-15,23H,3H2,1-2H3,(H,26,27,30)(H2,28,29,33). The topological polar surface area (TPSA) is 84.5 Å². The van der Waals surface area contributed by atoms with Crippen LogP contribution >= 0.6 is 12.2 Å². The quantitative estimate of drug-likeness (QED) is 0.459. The summed E-state index contributed by atoms with van der Waals surface area (Å²) in [6.45, 7) is 2.43. The lowest BCUT2D eigenvalue weighted by molar-refractivity contribution is -0.113. The number of rotatable bonds is 7. The molecule has 1 aliphatic rings. The van der Waals surface area contributed by atoms with E-state index in [0.717, 1.165) is 11.1 Å². The van der Waals surface area contributed by atoms with Crippen LogP contribution in [0.15, 0.2) is 78.5 Å². The molecule has 1 unspecified atom stereocenters. The van der Waals surface area contributed by atoms with Gasteiger partial charge in [-0.1, -0.05) is 42.5 Å². The van der Waals surface area contributed by atoms with Crippen molar-refractivity contribution in [1.29, 1.82) is 0 Å². The van der Waals surface area contributed by atoms with E-state index in [4.69, 9.17) is 21.7 Å². The first kappa shape index (κ1) is 22.3. The summed E-state index contributed by atoms with van der Waals surface area (Å²) in [6.07, 6.45) is 1.63. The van der Waals surface area contributed by atoms with Crippen LogP contribution in [0.3, 0.4) is 0 Å². The Morgan fingerprint density at radius 2 is 1.88 bits per heavy atom. The maximum absolute atomic E-state index is 13.6. The number of benzene rings is 2. The number of nitrogens with one attached hydrogen (secondary N) is 3. The summed E-state index contributed by atoms with van der Waals surface area (Å²) in [6, 6.07) is 20.0. The van der Waals surface area contributed by atoms with Gasteiger partial charge in [-0.2, -0.15) is 0 Å². The van der Waals surface area contributed by atoms with E-state index < -0.39 is 6.04 Å². The molecule has 1 amide bonds. The molecule has 0 radical (unpaired) electrons. The summed E-state index contributed by atoms with van der Waals surface area (Å²) in [5, 5.41) is 9.73. The van der Waals surface area contributed by atoms with Crippen LogP contribution in [0.25, 0.3) is 5.70 Å². The van der Waals surface area contributed by atoms with Gasteiger partial charge in [0.1, 0.15) is 5.82 Å². The highest BCUT2D eigenvalue weighted by atomic mass is 32.1. The van der Waals surface area contributed by atoms with Gasteiger partial charge in [-0.25, -0.2) is 4.98 Å². The van der Waals surface area contributed by atoms with Crippen molar-refractivity contribution in [2.24, 2.45) is 0 Å². The Kier molecular flexibility index (Phi) is 6.85. The predicted octanol–water partition coefficient (Wildman–Crippen LogP) is 4.06. The molecule has 4 rings (SSSR count). The normalized spacial score (nSPS) is 15.3. The van der Waals surface area contributed by atoms with Crippen LogP contribution in [0.1, 0.15) is 24.1 Å². The average Bonchev–Trinajstić information content (AvgIpc) is 2.85. The second-order valence-corrected chi connectivity index (χ2v) is 7.61. The average molecular weight is 461 g/mol. The Hall–Kier alpha value is -3.91. The van der Waals surface area contributed by atoms with Gasteiger partial charge in [-0.3, -0.25) is 4.79 Å². The minimum Gasteiger partial charge on any atom is -0.493 e. The van der Waals surface area contributed by atoms with Crippen molar-refractivity contribution in [2.45, 2.75) is 13.0 Å². The number of nitrogens with zero attached hydrogens (tertiary/aromatic N) is 1. The maximum Gasteiger partial charge on any atom is 0.257 e. The Labute approximate surface area is 197 Å².